The molecule has 0 saturated heterocycles. The van der Waals surface area contributed by atoms with Crippen LogP contribution >= 0.6 is 0 Å². The molecule has 0 aromatic carbocycles. The first-order chi connectivity index (χ1) is 7.26. The second-order valence-electron chi connectivity index (χ2n) is 5.27. The van der Waals surface area contributed by atoms with Gasteiger partial charge >= 0.3 is 0 Å². The van der Waals surface area contributed by atoms with Crippen LogP contribution in [0.15, 0.2) is 0 Å². The van der Waals surface area contributed by atoms with E-state index in [-0.39, 0.29) is 0 Å². The zero-order valence-corrected chi connectivity index (χ0v) is 10.5. The Morgan fingerprint density at radius 1 is 1.27 bits per heavy atom. The summed E-state index contributed by atoms with van der Waals surface area (Å²) >= 11 is 0. The van der Waals surface area contributed by atoms with Crippen molar-refractivity contribution >= 4 is 0 Å². The fourth-order valence-electron chi connectivity index (χ4n) is 2.48. The summed E-state index contributed by atoms with van der Waals surface area (Å²) in [5.74, 6) is 0.687. The van der Waals surface area contributed by atoms with Crippen LogP contribution in [0, 0.1) is 11.3 Å². The topological polar surface area (TPSA) is 38.0 Å². The first-order valence-electron chi connectivity index (χ1n) is 6.67. The lowest BCUT2D eigenvalue weighted by molar-refractivity contribution is 0.381. The van der Waals surface area contributed by atoms with Crippen molar-refractivity contribution in [2.45, 2.75) is 52.4 Å². The van der Waals surface area contributed by atoms with E-state index in [9.17, 15) is 0 Å². The van der Waals surface area contributed by atoms with Crippen molar-refractivity contribution in [1.29, 1.82) is 0 Å². The van der Waals surface area contributed by atoms with E-state index in [0.29, 0.717) is 11.3 Å². The maximum absolute atomic E-state index is 5.74. The molecule has 0 aliphatic heterocycles. The van der Waals surface area contributed by atoms with Crippen LogP contribution in [0.1, 0.15) is 52.4 Å². The Labute approximate surface area is 95.0 Å². The summed E-state index contributed by atoms with van der Waals surface area (Å²) < 4.78 is 0. The van der Waals surface area contributed by atoms with Gasteiger partial charge in [0.15, 0.2) is 0 Å². The van der Waals surface area contributed by atoms with Crippen LogP contribution in [0.2, 0.25) is 0 Å². The largest absolute Gasteiger partial charge is 0.330 e. The van der Waals surface area contributed by atoms with Crippen molar-refractivity contribution in [3.63, 3.8) is 0 Å². The minimum atomic E-state index is 0.681. The van der Waals surface area contributed by atoms with Gasteiger partial charge in [0.05, 0.1) is 0 Å². The summed E-state index contributed by atoms with van der Waals surface area (Å²) in [6.45, 7) is 7.71. The van der Waals surface area contributed by atoms with Gasteiger partial charge < -0.3 is 11.1 Å². The molecule has 0 radical (unpaired) electrons. The highest BCUT2D eigenvalue weighted by atomic mass is 14.9. The van der Waals surface area contributed by atoms with Gasteiger partial charge in [-0.25, -0.2) is 0 Å². The van der Waals surface area contributed by atoms with Crippen LogP contribution in [0.3, 0.4) is 0 Å². The zero-order valence-electron chi connectivity index (χ0n) is 10.5. The predicted octanol–water partition coefficient (Wildman–Crippen LogP) is 2.53. The molecular weight excluding hydrogens is 184 g/mol. The molecule has 3 N–H and O–H groups in total. The average Bonchev–Trinajstić information content (AvgIpc) is 2.98. The molecule has 1 fully saturated rings. The summed E-state index contributed by atoms with van der Waals surface area (Å²) in [6.07, 6.45) is 8.13. The SMILES string of the molecule is CCCC(CN)CNCC1(CCC)CC1. The molecule has 1 aliphatic carbocycles. The molecule has 90 valence electrons. The third-order valence-electron chi connectivity index (χ3n) is 3.70. The number of nitrogens with one attached hydrogen (secondary N) is 1. The summed E-state index contributed by atoms with van der Waals surface area (Å²) in [6, 6.07) is 0. The van der Waals surface area contributed by atoms with Gasteiger partial charge in [0.2, 0.25) is 0 Å². The second kappa shape index (κ2) is 6.49. The highest BCUT2D eigenvalue weighted by Crippen LogP contribution is 2.48. The van der Waals surface area contributed by atoms with Crippen molar-refractivity contribution < 1.29 is 0 Å². The Bertz CT molecular complexity index is 164. The Morgan fingerprint density at radius 2 is 2.00 bits per heavy atom. The maximum atomic E-state index is 5.74. The fourth-order valence-corrected chi connectivity index (χ4v) is 2.48. The zero-order chi connectivity index (χ0) is 11.1. The van der Waals surface area contributed by atoms with Crippen molar-refractivity contribution in [3.05, 3.63) is 0 Å². The lowest BCUT2D eigenvalue weighted by Crippen LogP contribution is -2.32. The van der Waals surface area contributed by atoms with Crippen LogP contribution in [0.25, 0.3) is 0 Å². The minimum absolute atomic E-state index is 0.681. The third kappa shape index (κ3) is 4.52. The Morgan fingerprint density at radius 3 is 2.47 bits per heavy atom. The average molecular weight is 212 g/mol. The summed E-state index contributed by atoms with van der Waals surface area (Å²) in [4.78, 5) is 0. The van der Waals surface area contributed by atoms with E-state index in [4.69, 9.17) is 5.73 Å². The molecule has 2 nitrogen and oxygen atoms in total. The molecule has 0 heterocycles. The third-order valence-corrected chi connectivity index (χ3v) is 3.70. The van der Waals surface area contributed by atoms with Crippen molar-refractivity contribution in [2.75, 3.05) is 19.6 Å². The molecule has 0 amide bonds. The van der Waals surface area contributed by atoms with Gasteiger partial charge in [0, 0.05) is 6.54 Å². The quantitative estimate of drug-likeness (QED) is 0.616. The molecule has 0 aromatic rings. The van der Waals surface area contributed by atoms with E-state index in [1.807, 2.05) is 0 Å². The first kappa shape index (κ1) is 13.0. The molecule has 0 bridgehead atoms. The molecule has 15 heavy (non-hydrogen) atoms. The molecule has 1 rings (SSSR count). The predicted molar refractivity (Wildman–Crippen MR) is 66.9 cm³/mol. The van der Waals surface area contributed by atoms with E-state index < -0.39 is 0 Å². The summed E-state index contributed by atoms with van der Waals surface area (Å²) in [7, 11) is 0. The van der Waals surface area contributed by atoms with Crippen LogP contribution < -0.4 is 11.1 Å². The van der Waals surface area contributed by atoms with E-state index in [2.05, 4.69) is 19.2 Å². The van der Waals surface area contributed by atoms with Crippen LogP contribution in [-0.4, -0.2) is 19.6 Å². The van der Waals surface area contributed by atoms with Gasteiger partial charge in [0.25, 0.3) is 0 Å². The van der Waals surface area contributed by atoms with Crippen molar-refractivity contribution in [3.8, 4) is 0 Å². The smallest absolute Gasteiger partial charge is 0.000794 e. The lowest BCUT2D eigenvalue weighted by Gasteiger charge is -2.19. The molecule has 0 aromatic heterocycles. The Balaban J connectivity index is 2.09. The Hall–Kier alpha value is -0.0800. The normalized spacial score (nSPS) is 20.2. The molecule has 1 aliphatic rings. The van der Waals surface area contributed by atoms with E-state index in [1.165, 1.54) is 45.1 Å². The van der Waals surface area contributed by atoms with E-state index in [1.54, 1.807) is 0 Å². The molecule has 1 saturated carbocycles. The van der Waals surface area contributed by atoms with Gasteiger partial charge in [-0.2, -0.15) is 0 Å². The highest BCUT2D eigenvalue weighted by Gasteiger charge is 2.40. The van der Waals surface area contributed by atoms with Gasteiger partial charge in [-0.3, -0.25) is 0 Å². The lowest BCUT2D eigenvalue weighted by atomic mass is 9.99. The Kier molecular flexibility index (Phi) is 5.62. The molecule has 2 heteroatoms. The molecule has 1 unspecified atom stereocenters. The van der Waals surface area contributed by atoms with Gasteiger partial charge in [-0.15, -0.1) is 0 Å². The van der Waals surface area contributed by atoms with Gasteiger partial charge in [-0.1, -0.05) is 26.7 Å². The minimum Gasteiger partial charge on any atom is -0.330 e. The van der Waals surface area contributed by atoms with Crippen molar-refractivity contribution in [1.82, 2.24) is 5.32 Å². The molecule has 1 atom stereocenters. The standard InChI is InChI=1S/C13H28N2/c1-3-5-12(9-14)10-15-11-13(6-4-2)7-8-13/h12,15H,3-11,14H2,1-2H3. The molecule has 0 spiro atoms. The summed E-state index contributed by atoms with van der Waals surface area (Å²) in [5, 5.41) is 3.63. The van der Waals surface area contributed by atoms with Gasteiger partial charge in [-0.05, 0) is 50.1 Å². The number of hydrogen-bond donors (Lipinski definition) is 2. The number of hydrogen-bond acceptors (Lipinski definition) is 2. The van der Waals surface area contributed by atoms with Crippen LogP contribution in [0.4, 0.5) is 0 Å². The second-order valence-corrected chi connectivity index (χ2v) is 5.27. The van der Waals surface area contributed by atoms with Gasteiger partial charge in [0.1, 0.15) is 0 Å². The number of rotatable bonds is 9. The molecular formula is C13H28N2. The fraction of sp³-hybridized carbons (Fsp3) is 1.00. The monoisotopic (exact) mass is 212 g/mol. The van der Waals surface area contributed by atoms with E-state index >= 15 is 0 Å². The van der Waals surface area contributed by atoms with E-state index in [0.717, 1.165) is 13.1 Å². The number of nitrogens with two attached hydrogens (primary N) is 1. The maximum Gasteiger partial charge on any atom is 0.000794 e. The highest BCUT2D eigenvalue weighted by molar-refractivity contribution is 4.94. The summed E-state index contributed by atoms with van der Waals surface area (Å²) in [5.41, 5.74) is 6.42. The van der Waals surface area contributed by atoms with Crippen LogP contribution in [0.5, 0.6) is 0 Å². The first-order valence-corrected chi connectivity index (χ1v) is 6.67. The van der Waals surface area contributed by atoms with Crippen molar-refractivity contribution in [2.24, 2.45) is 17.1 Å². The van der Waals surface area contributed by atoms with Crippen LogP contribution in [-0.2, 0) is 0 Å².